The molecule has 2 atom stereocenters. The van der Waals surface area contributed by atoms with Gasteiger partial charge >= 0.3 is 0 Å². The highest BCUT2D eigenvalue weighted by molar-refractivity contribution is 6.02. The minimum Gasteiger partial charge on any atom is -0.492 e. The first kappa shape index (κ1) is 18.9. The van der Waals surface area contributed by atoms with Crippen LogP contribution in [0.2, 0.25) is 0 Å². The first-order valence-corrected chi connectivity index (χ1v) is 8.83. The molecule has 0 unspecified atom stereocenters. The number of carbonyl (C=O) groups excluding carboxylic acids is 1. The van der Waals surface area contributed by atoms with Crippen LogP contribution in [0.25, 0.3) is 6.08 Å². The average molecular weight is 342 g/mol. The third-order valence-corrected chi connectivity index (χ3v) is 4.61. The number of hydrogen-bond donors (Lipinski definition) is 1. The van der Waals surface area contributed by atoms with Gasteiger partial charge in [0, 0.05) is 11.6 Å². The van der Waals surface area contributed by atoms with Crippen molar-refractivity contribution in [2.75, 3.05) is 13.7 Å². The Kier molecular flexibility index (Phi) is 6.88. The zero-order valence-electron chi connectivity index (χ0n) is 15.2. The number of carbonyl (C=O) groups is 1. The molecule has 1 fully saturated rings. The number of nitriles is 1. The second-order valence-electron chi connectivity index (χ2n) is 6.32. The lowest BCUT2D eigenvalue weighted by Gasteiger charge is -2.29. The second kappa shape index (κ2) is 9.12. The van der Waals surface area contributed by atoms with Crippen LogP contribution in [-0.2, 0) is 4.79 Å². The van der Waals surface area contributed by atoms with E-state index in [0.29, 0.717) is 29.6 Å². The highest BCUT2D eigenvalue weighted by atomic mass is 16.5. The first-order chi connectivity index (χ1) is 12.1. The van der Waals surface area contributed by atoms with Crippen LogP contribution < -0.4 is 14.8 Å². The zero-order chi connectivity index (χ0) is 18.2. The van der Waals surface area contributed by atoms with Gasteiger partial charge in [-0.1, -0.05) is 31.9 Å². The van der Waals surface area contributed by atoms with Gasteiger partial charge in [-0.05, 0) is 37.8 Å². The number of hydrogen-bond acceptors (Lipinski definition) is 4. The van der Waals surface area contributed by atoms with Crippen molar-refractivity contribution in [1.82, 2.24) is 5.32 Å². The van der Waals surface area contributed by atoms with Gasteiger partial charge in [0.05, 0.1) is 13.7 Å². The summed E-state index contributed by atoms with van der Waals surface area (Å²) in [6.07, 6.45) is 5.96. The Morgan fingerprint density at radius 1 is 1.40 bits per heavy atom. The molecule has 5 nitrogen and oxygen atoms in total. The zero-order valence-corrected chi connectivity index (χ0v) is 15.2. The standard InChI is InChI=1S/C20H26N2O3/c1-4-25-18-11-7-9-15(19(18)24-3)12-16(13-21)20(23)22-17-10-6-5-8-14(17)2/h7,9,11-12,14,17H,4-6,8,10H2,1-3H3,(H,22,23)/b16-12+/t14-,17+/m0/s1. The molecule has 1 N–H and O–H groups in total. The Labute approximate surface area is 149 Å². The van der Waals surface area contributed by atoms with E-state index in [0.717, 1.165) is 19.3 Å². The number of rotatable bonds is 6. The normalized spacial score (nSPS) is 20.5. The molecular weight excluding hydrogens is 316 g/mol. The quantitative estimate of drug-likeness (QED) is 0.632. The molecule has 1 aromatic carbocycles. The van der Waals surface area contributed by atoms with Gasteiger partial charge in [0.15, 0.2) is 11.5 Å². The molecule has 5 heteroatoms. The van der Waals surface area contributed by atoms with Gasteiger partial charge in [0.2, 0.25) is 0 Å². The number of amides is 1. The predicted octanol–water partition coefficient (Wildman–Crippen LogP) is 3.70. The lowest BCUT2D eigenvalue weighted by molar-refractivity contribution is -0.118. The highest BCUT2D eigenvalue weighted by Crippen LogP contribution is 2.32. The average Bonchev–Trinajstić information content (AvgIpc) is 2.62. The van der Waals surface area contributed by atoms with Crippen LogP contribution >= 0.6 is 0 Å². The van der Waals surface area contributed by atoms with Crippen LogP contribution in [0.15, 0.2) is 23.8 Å². The molecule has 2 rings (SSSR count). The molecule has 0 bridgehead atoms. The third-order valence-electron chi connectivity index (χ3n) is 4.61. The fourth-order valence-electron chi connectivity index (χ4n) is 3.22. The Morgan fingerprint density at radius 2 is 2.16 bits per heavy atom. The summed E-state index contributed by atoms with van der Waals surface area (Å²) in [6.45, 7) is 4.55. The maximum absolute atomic E-state index is 12.5. The van der Waals surface area contributed by atoms with Crippen molar-refractivity contribution >= 4 is 12.0 Å². The van der Waals surface area contributed by atoms with Crippen LogP contribution in [0.1, 0.15) is 45.1 Å². The van der Waals surface area contributed by atoms with Crippen LogP contribution in [0.5, 0.6) is 11.5 Å². The maximum atomic E-state index is 12.5. The number of nitrogens with zero attached hydrogens (tertiary/aromatic N) is 1. The summed E-state index contributed by atoms with van der Waals surface area (Å²) in [7, 11) is 1.55. The van der Waals surface area contributed by atoms with Crippen molar-refractivity contribution < 1.29 is 14.3 Å². The van der Waals surface area contributed by atoms with E-state index in [9.17, 15) is 10.1 Å². The van der Waals surface area contributed by atoms with Crippen LogP contribution in [0.3, 0.4) is 0 Å². The largest absolute Gasteiger partial charge is 0.492 e. The summed E-state index contributed by atoms with van der Waals surface area (Å²) < 4.78 is 11.0. The lowest BCUT2D eigenvalue weighted by Crippen LogP contribution is -2.41. The number of para-hydroxylation sites is 1. The Bertz CT molecular complexity index is 676. The summed E-state index contributed by atoms with van der Waals surface area (Å²) in [5, 5.41) is 12.5. The molecule has 0 spiro atoms. The fourth-order valence-corrected chi connectivity index (χ4v) is 3.22. The number of nitrogens with one attached hydrogen (secondary N) is 1. The molecule has 134 valence electrons. The van der Waals surface area contributed by atoms with Gasteiger partial charge in [0.1, 0.15) is 11.6 Å². The van der Waals surface area contributed by atoms with E-state index in [1.54, 1.807) is 25.3 Å². The molecule has 25 heavy (non-hydrogen) atoms. The maximum Gasteiger partial charge on any atom is 0.262 e. The predicted molar refractivity (Wildman–Crippen MR) is 97.3 cm³/mol. The van der Waals surface area contributed by atoms with Crippen LogP contribution in [-0.4, -0.2) is 25.7 Å². The molecule has 1 aliphatic rings. The van der Waals surface area contributed by atoms with Gasteiger partial charge in [-0.15, -0.1) is 0 Å². The number of ether oxygens (including phenoxy) is 2. The number of methoxy groups -OCH3 is 1. The van der Waals surface area contributed by atoms with E-state index in [1.807, 2.05) is 19.1 Å². The summed E-state index contributed by atoms with van der Waals surface area (Å²) in [6, 6.07) is 7.56. The fraction of sp³-hybridized carbons (Fsp3) is 0.500. The lowest BCUT2D eigenvalue weighted by atomic mass is 9.86. The van der Waals surface area contributed by atoms with Crippen molar-refractivity contribution in [3.05, 3.63) is 29.3 Å². The minimum absolute atomic E-state index is 0.0738. The Hall–Kier alpha value is -2.48. The smallest absolute Gasteiger partial charge is 0.262 e. The highest BCUT2D eigenvalue weighted by Gasteiger charge is 2.24. The SMILES string of the molecule is CCOc1cccc(/C=C(\C#N)C(=O)N[C@@H]2CCCC[C@@H]2C)c1OC. The summed E-state index contributed by atoms with van der Waals surface area (Å²) >= 11 is 0. The van der Waals surface area contributed by atoms with E-state index in [2.05, 4.69) is 12.2 Å². The first-order valence-electron chi connectivity index (χ1n) is 8.83. The molecule has 1 aromatic rings. The van der Waals surface area contributed by atoms with E-state index >= 15 is 0 Å². The molecule has 0 radical (unpaired) electrons. The molecule has 1 saturated carbocycles. The second-order valence-corrected chi connectivity index (χ2v) is 6.32. The number of benzene rings is 1. The molecular formula is C20H26N2O3. The van der Waals surface area contributed by atoms with Crippen LogP contribution in [0.4, 0.5) is 0 Å². The van der Waals surface area contributed by atoms with Crippen molar-refractivity contribution in [1.29, 1.82) is 5.26 Å². The molecule has 1 amide bonds. The van der Waals surface area contributed by atoms with Crippen molar-refractivity contribution in [2.24, 2.45) is 5.92 Å². The third kappa shape index (κ3) is 4.76. The summed E-state index contributed by atoms with van der Waals surface area (Å²) in [5.41, 5.74) is 0.724. The van der Waals surface area contributed by atoms with E-state index in [1.165, 1.54) is 6.42 Å². The van der Waals surface area contributed by atoms with Gasteiger partial charge in [-0.25, -0.2) is 0 Å². The monoisotopic (exact) mass is 342 g/mol. The van der Waals surface area contributed by atoms with Crippen LogP contribution in [0, 0.1) is 17.2 Å². The Morgan fingerprint density at radius 3 is 2.80 bits per heavy atom. The molecule has 0 heterocycles. The Balaban J connectivity index is 2.23. The minimum atomic E-state index is -0.329. The van der Waals surface area contributed by atoms with Crippen molar-refractivity contribution in [3.63, 3.8) is 0 Å². The van der Waals surface area contributed by atoms with E-state index < -0.39 is 0 Å². The molecule has 1 aliphatic carbocycles. The molecule has 0 aromatic heterocycles. The summed E-state index contributed by atoms with van der Waals surface area (Å²) in [5.74, 6) is 1.23. The molecule has 0 saturated heterocycles. The van der Waals surface area contributed by atoms with Crippen molar-refractivity contribution in [2.45, 2.75) is 45.6 Å². The van der Waals surface area contributed by atoms with Gasteiger partial charge in [-0.2, -0.15) is 5.26 Å². The van der Waals surface area contributed by atoms with E-state index in [4.69, 9.17) is 9.47 Å². The van der Waals surface area contributed by atoms with Gasteiger partial charge in [0.25, 0.3) is 5.91 Å². The van der Waals surface area contributed by atoms with Gasteiger partial charge < -0.3 is 14.8 Å². The topological polar surface area (TPSA) is 71.3 Å². The van der Waals surface area contributed by atoms with E-state index in [-0.39, 0.29) is 17.5 Å². The van der Waals surface area contributed by atoms with Crippen molar-refractivity contribution in [3.8, 4) is 17.6 Å². The summed E-state index contributed by atoms with van der Waals surface area (Å²) in [4.78, 5) is 12.5. The van der Waals surface area contributed by atoms with Gasteiger partial charge in [-0.3, -0.25) is 4.79 Å². The molecule has 0 aliphatic heterocycles.